The predicted octanol–water partition coefficient (Wildman–Crippen LogP) is 4.31. The molecule has 112 valence electrons. The molecular weight excluding hydrogens is 328 g/mol. The molecule has 0 saturated carbocycles. The molecule has 0 radical (unpaired) electrons. The van der Waals surface area contributed by atoms with Crippen molar-refractivity contribution in [3.8, 4) is 5.75 Å². The molecule has 1 aromatic heterocycles. The average molecular weight is 349 g/mol. The van der Waals surface area contributed by atoms with Crippen LogP contribution in [0.25, 0.3) is 0 Å². The number of benzene rings is 1. The zero-order valence-electron chi connectivity index (χ0n) is 12.6. The van der Waals surface area contributed by atoms with Gasteiger partial charge in [-0.3, -0.25) is 4.98 Å². The number of nitrogens with one attached hydrogen (secondary N) is 1. The molecule has 2 unspecified atom stereocenters. The summed E-state index contributed by atoms with van der Waals surface area (Å²) in [6.07, 6.45) is 3.68. The first kappa shape index (κ1) is 16.0. The van der Waals surface area contributed by atoms with E-state index < -0.39 is 0 Å². The van der Waals surface area contributed by atoms with E-state index in [9.17, 15) is 0 Å². The van der Waals surface area contributed by atoms with Gasteiger partial charge in [-0.2, -0.15) is 0 Å². The summed E-state index contributed by atoms with van der Waals surface area (Å²) in [4.78, 5) is 4.10. The van der Waals surface area contributed by atoms with Crippen LogP contribution in [0.3, 0.4) is 0 Å². The van der Waals surface area contributed by atoms with Gasteiger partial charge in [0.05, 0.1) is 7.11 Å². The molecule has 0 aliphatic rings. The zero-order chi connectivity index (χ0) is 15.2. The maximum absolute atomic E-state index is 5.56. The monoisotopic (exact) mass is 348 g/mol. The molecule has 1 aromatic carbocycles. The fraction of sp³-hybridized carbons (Fsp3) is 0.353. The fourth-order valence-corrected chi connectivity index (χ4v) is 2.92. The van der Waals surface area contributed by atoms with Gasteiger partial charge >= 0.3 is 0 Å². The van der Waals surface area contributed by atoms with Gasteiger partial charge in [-0.05, 0) is 36.4 Å². The number of nitrogens with zero attached hydrogens (tertiary/aromatic N) is 1. The summed E-state index contributed by atoms with van der Waals surface area (Å²) in [5, 5.41) is 3.58. The minimum Gasteiger partial charge on any atom is -0.496 e. The van der Waals surface area contributed by atoms with Crippen molar-refractivity contribution in [1.82, 2.24) is 10.3 Å². The number of halogens is 1. The standard InChI is InChI=1S/C17H21BrN2O/c1-4-20-17(12(2)13-7-9-19-10-8-13)15-6-5-14(18)11-16(15)21-3/h5-12,17,20H,4H2,1-3H3. The van der Waals surface area contributed by atoms with E-state index in [2.05, 4.69) is 64.3 Å². The van der Waals surface area contributed by atoms with Crippen molar-refractivity contribution in [2.45, 2.75) is 25.8 Å². The maximum atomic E-state index is 5.56. The highest BCUT2D eigenvalue weighted by Gasteiger charge is 2.23. The van der Waals surface area contributed by atoms with E-state index in [4.69, 9.17) is 4.74 Å². The van der Waals surface area contributed by atoms with Crippen molar-refractivity contribution < 1.29 is 4.74 Å². The first-order chi connectivity index (χ1) is 10.2. The van der Waals surface area contributed by atoms with E-state index in [1.807, 2.05) is 18.5 Å². The molecule has 0 spiro atoms. The Balaban J connectivity index is 2.39. The second-order valence-electron chi connectivity index (χ2n) is 4.99. The number of ether oxygens (including phenoxy) is 1. The second-order valence-corrected chi connectivity index (χ2v) is 5.91. The summed E-state index contributed by atoms with van der Waals surface area (Å²) in [5.41, 5.74) is 2.44. The summed E-state index contributed by atoms with van der Waals surface area (Å²) in [7, 11) is 1.71. The number of likely N-dealkylation sites (N-methyl/N-ethyl adjacent to an activating group) is 1. The minimum absolute atomic E-state index is 0.195. The van der Waals surface area contributed by atoms with Crippen molar-refractivity contribution in [2.75, 3.05) is 13.7 Å². The lowest BCUT2D eigenvalue weighted by atomic mass is 9.88. The van der Waals surface area contributed by atoms with Crippen molar-refractivity contribution >= 4 is 15.9 Å². The smallest absolute Gasteiger partial charge is 0.124 e. The molecule has 0 amide bonds. The van der Waals surface area contributed by atoms with Crippen LogP contribution in [-0.2, 0) is 0 Å². The summed E-state index contributed by atoms with van der Waals surface area (Å²) in [6.45, 7) is 5.25. The Morgan fingerprint density at radius 3 is 2.57 bits per heavy atom. The van der Waals surface area contributed by atoms with Gasteiger partial charge in [0.1, 0.15) is 5.75 Å². The molecule has 0 fully saturated rings. The van der Waals surface area contributed by atoms with Gasteiger partial charge in [0.2, 0.25) is 0 Å². The SMILES string of the molecule is CCNC(c1ccc(Br)cc1OC)C(C)c1ccncc1. The zero-order valence-corrected chi connectivity index (χ0v) is 14.2. The second kappa shape index (κ2) is 7.57. The summed E-state index contributed by atoms with van der Waals surface area (Å²) < 4.78 is 6.58. The van der Waals surface area contributed by atoms with Crippen LogP contribution in [0.4, 0.5) is 0 Å². The summed E-state index contributed by atoms with van der Waals surface area (Å²) >= 11 is 3.50. The third kappa shape index (κ3) is 3.83. The molecule has 2 rings (SSSR count). The van der Waals surface area contributed by atoms with Gasteiger partial charge in [0, 0.05) is 34.4 Å². The Hall–Kier alpha value is -1.39. The first-order valence-electron chi connectivity index (χ1n) is 7.14. The quantitative estimate of drug-likeness (QED) is 0.844. The molecule has 4 heteroatoms. The summed E-state index contributed by atoms with van der Waals surface area (Å²) in [5.74, 6) is 1.22. The Morgan fingerprint density at radius 1 is 1.24 bits per heavy atom. The highest BCUT2D eigenvalue weighted by molar-refractivity contribution is 9.10. The predicted molar refractivity (Wildman–Crippen MR) is 89.8 cm³/mol. The van der Waals surface area contributed by atoms with E-state index >= 15 is 0 Å². The largest absolute Gasteiger partial charge is 0.496 e. The van der Waals surface area contributed by atoms with Crippen molar-refractivity contribution in [2.24, 2.45) is 0 Å². The molecule has 2 atom stereocenters. The van der Waals surface area contributed by atoms with Crippen molar-refractivity contribution in [3.05, 3.63) is 58.3 Å². The number of hydrogen-bond acceptors (Lipinski definition) is 3. The van der Waals surface area contributed by atoms with Crippen LogP contribution in [0, 0.1) is 0 Å². The number of pyridine rings is 1. The topological polar surface area (TPSA) is 34.1 Å². The van der Waals surface area contributed by atoms with Gasteiger partial charge in [-0.15, -0.1) is 0 Å². The Bertz CT molecular complexity index is 574. The Kier molecular flexibility index (Phi) is 5.76. The third-order valence-electron chi connectivity index (χ3n) is 3.69. The van der Waals surface area contributed by atoms with Crippen molar-refractivity contribution in [1.29, 1.82) is 0 Å². The lowest BCUT2D eigenvalue weighted by Gasteiger charge is -2.27. The molecule has 0 aliphatic carbocycles. The van der Waals surface area contributed by atoms with E-state index in [0.717, 1.165) is 16.8 Å². The van der Waals surface area contributed by atoms with Crippen molar-refractivity contribution in [3.63, 3.8) is 0 Å². The van der Waals surface area contributed by atoms with Crippen LogP contribution in [0.1, 0.15) is 36.9 Å². The fourth-order valence-electron chi connectivity index (χ4n) is 2.58. The van der Waals surface area contributed by atoms with E-state index in [1.165, 1.54) is 11.1 Å². The molecule has 0 saturated heterocycles. The highest BCUT2D eigenvalue weighted by Crippen LogP contribution is 2.36. The number of aromatic nitrogens is 1. The van der Waals surface area contributed by atoms with Gasteiger partial charge < -0.3 is 10.1 Å². The third-order valence-corrected chi connectivity index (χ3v) is 4.18. The summed E-state index contributed by atoms with van der Waals surface area (Å²) in [6, 6.07) is 10.5. The normalized spacial score (nSPS) is 13.7. The molecule has 0 bridgehead atoms. The molecule has 1 heterocycles. The maximum Gasteiger partial charge on any atom is 0.124 e. The van der Waals surface area contributed by atoms with Crippen LogP contribution >= 0.6 is 15.9 Å². The number of hydrogen-bond donors (Lipinski definition) is 1. The first-order valence-corrected chi connectivity index (χ1v) is 7.93. The van der Waals surface area contributed by atoms with Crippen LogP contribution in [-0.4, -0.2) is 18.6 Å². The van der Waals surface area contributed by atoms with Crippen LogP contribution in [0.15, 0.2) is 47.2 Å². The molecule has 3 nitrogen and oxygen atoms in total. The van der Waals surface area contributed by atoms with Gasteiger partial charge in [-0.25, -0.2) is 0 Å². The van der Waals surface area contributed by atoms with Gasteiger partial charge in [0.15, 0.2) is 0 Å². The van der Waals surface area contributed by atoms with E-state index in [0.29, 0.717) is 5.92 Å². The van der Waals surface area contributed by atoms with E-state index in [1.54, 1.807) is 7.11 Å². The highest BCUT2D eigenvalue weighted by atomic mass is 79.9. The minimum atomic E-state index is 0.195. The lowest BCUT2D eigenvalue weighted by Crippen LogP contribution is -2.26. The molecular formula is C17H21BrN2O. The Labute approximate surface area is 134 Å². The van der Waals surface area contributed by atoms with E-state index in [-0.39, 0.29) is 6.04 Å². The lowest BCUT2D eigenvalue weighted by molar-refractivity contribution is 0.390. The molecule has 21 heavy (non-hydrogen) atoms. The average Bonchev–Trinajstić information content (AvgIpc) is 2.53. The number of methoxy groups -OCH3 is 1. The van der Waals surface area contributed by atoms with Gasteiger partial charge in [0.25, 0.3) is 0 Å². The molecule has 2 aromatic rings. The molecule has 0 aliphatic heterocycles. The van der Waals surface area contributed by atoms with Gasteiger partial charge in [-0.1, -0.05) is 35.8 Å². The van der Waals surface area contributed by atoms with Crippen LogP contribution in [0.5, 0.6) is 5.75 Å². The Morgan fingerprint density at radius 2 is 1.95 bits per heavy atom. The van der Waals surface area contributed by atoms with Crippen LogP contribution in [0.2, 0.25) is 0 Å². The number of rotatable bonds is 6. The van der Waals surface area contributed by atoms with Crippen LogP contribution < -0.4 is 10.1 Å². The molecule has 1 N–H and O–H groups in total.